The van der Waals surface area contributed by atoms with E-state index in [0.29, 0.717) is 12.8 Å². The largest absolute Gasteiger partial charge is 0.481 e. The normalized spacial score (nSPS) is 22.8. The van der Waals surface area contributed by atoms with Crippen LogP contribution in [0.25, 0.3) is 0 Å². The lowest BCUT2D eigenvalue weighted by atomic mass is 9.89. The van der Waals surface area contributed by atoms with E-state index in [1.807, 2.05) is 20.8 Å². The van der Waals surface area contributed by atoms with Crippen molar-refractivity contribution >= 4 is 28.6 Å². The highest BCUT2D eigenvalue weighted by molar-refractivity contribution is 6.74. The molecule has 0 bridgehead atoms. The zero-order valence-electron chi connectivity index (χ0n) is 31.5. The molecule has 0 radical (unpaired) electrons. The van der Waals surface area contributed by atoms with Gasteiger partial charge in [0.1, 0.15) is 6.10 Å². The number of hydrogen-bond acceptors (Lipinski definition) is 5. The molecule has 0 aromatic heterocycles. The van der Waals surface area contributed by atoms with E-state index in [1.165, 1.54) is 6.42 Å². The highest BCUT2D eigenvalue weighted by atomic mass is 28.4. The van der Waals surface area contributed by atoms with Gasteiger partial charge >= 0.3 is 11.9 Å². The number of allylic oxidation sites excluding steroid dienone is 2. The fourth-order valence-corrected chi connectivity index (χ4v) is 7.82. The molecule has 0 heterocycles. The van der Waals surface area contributed by atoms with Gasteiger partial charge in [-0.1, -0.05) is 92.0 Å². The summed E-state index contributed by atoms with van der Waals surface area (Å²) in [5, 5.41) is 9.20. The van der Waals surface area contributed by atoms with Crippen molar-refractivity contribution in [3.8, 4) is 0 Å². The highest BCUT2D eigenvalue weighted by Crippen LogP contribution is 2.46. The maximum Gasteiger partial charge on any atom is 0.311 e. The van der Waals surface area contributed by atoms with E-state index in [9.17, 15) is 9.59 Å². The standard InChI is InChI=1S/C37H70O6Si2/c1-15-16-19-22-28(42-44(11,12)36(5,6)7)25-26-30-29(23-20-17-18-21-24-33(38)39)32(43-45(13,14)37(8,9)10)27-31(30)41-34(40)35(2,3)4/h17,20,25-26,28-32H,15-16,18-19,21-24,27H2,1-14H3,(H,38,39)/t28-,29+,30+,31+,32-/m0/s1. The summed E-state index contributed by atoms with van der Waals surface area (Å²) in [5.74, 6) is -0.817. The van der Waals surface area contributed by atoms with Crippen molar-refractivity contribution in [2.75, 3.05) is 0 Å². The highest BCUT2D eigenvalue weighted by Gasteiger charge is 2.49. The first kappa shape index (κ1) is 41.8. The topological polar surface area (TPSA) is 82.1 Å². The second kappa shape index (κ2) is 17.3. The van der Waals surface area contributed by atoms with Gasteiger partial charge in [0.2, 0.25) is 0 Å². The molecule has 45 heavy (non-hydrogen) atoms. The Bertz CT molecular complexity index is 980. The van der Waals surface area contributed by atoms with Gasteiger partial charge in [0.05, 0.1) is 17.6 Å². The van der Waals surface area contributed by atoms with Gasteiger partial charge in [0.15, 0.2) is 16.6 Å². The number of carbonyl (C=O) groups excluding carboxylic acids is 1. The lowest BCUT2D eigenvalue weighted by Gasteiger charge is -2.40. The molecule has 8 heteroatoms. The van der Waals surface area contributed by atoms with Crippen molar-refractivity contribution in [1.29, 1.82) is 0 Å². The Morgan fingerprint density at radius 1 is 0.867 bits per heavy atom. The molecular weight excluding hydrogens is 597 g/mol. The Hall–Kier alpha value is -1.23. The molecule has 0 aromatic rings. The van der Waals surface area contributed by atoms with Crippen LogP contribution in [0.15, 0.2) is 24.3 Å². The lowest BCUT2D eigenvalue weighted by Crippen LogP contribution is -2.45. The zero-order valence-corrected chi connectivity index (χ0v) is 33.5. The Balaban J connectivity index is 3.54. The first-order chi connectivity index (χ1) is 20.4. The molecule has 0 aromatic carbocycles. The fourth-order valence-electron chi connectivity index (χ4n) is 5.13. The van der Waals surface area contributed by atoms with Gasteiger partial charge in [0.25, 0.3) is 0 Å². The summed E-state index contributed by atoms with van der Waals surface area (Å²) in [6.45, 7) is 30.8. The molecule has 1 aliphatic carbocycles. The van der Waals surface area contributed by atoms with Gasteiger partial charge in [-0.05, 0) is 88.6 Å². The molecule has 1 aliphatic rings. The number of carbonyl (C=O) groups is 2. The van der Waals surface area contributed by atoms with Gasteiger partial charge in [-0.3, -0.25) is 9.59 Å². The van der Waals surface area contributed by atoms with Crippen LogP contribution in [0.5, 0.6) is 0 Å². The third kappa shape index (κ3) is 13.8. The lowest BCUT2D eigenvalue weighted by molar-refractivity contribution is -0.160. The molecule has 0 saturated heterocycles. The molecule has 1 N–H and O–H groups in total. The van der Waals surface area contributed by atoms with Crippen LogP contribution in [0.3, 0.4) is 0 Å². The maximum atomic E-state index is 13.3. The molecular formula is C37H70O6Si2. The predicted octanol–water partition coefficient (Wildman–Crippen LogP) is 10.7. The molecule has 5 atom stereocenters. The summed E-state index contributed by atoms with van der Waals surface area (Å²) in [6, 6.07) is 0. The van der Waals surface area contributed by atoms with Crippen LogP contribution in [-0.4, -0.2) is 52.0 Å². The summed E-state index contributed by atoms with van der Waals surface area (Å²) in [4.78, 5) is 24.3. The van der Waals surface area contributed by atoms with E-state index in [2.05, 4.69) is 99.0 Å². The first-order valence-corrected chi connectivity index (χ1v) is 23.4. The monoisotopic (exact) mass is 666 g/mol. The van der Waals surface area contributed by atoms with Crippen molar-refractivity contribution in [2.45, 2.75) is 182 Å². The number of ether oxygens (including phenoxy) is 1. The zero-order chi connectivity index (χ0) is 34.9. The third-order valence-corrected chi connectivity index (χ3v) is 19.2. The summed E-state index contributed by atoms with van der Waals surface area (Å²) in [6.07, 6.45) is 16.0. The second-order valence-electron chi connectivity index (χ2n) is 17.4. The molecule has 0 unspecified atom stereocenters. The maximum absolute atomic E-state index is 13.3. The number of esters is 1. The number of carboxylic acid groups (broad SMARTS) is 1. The van der Waals surface area contributed by atoms with Gasteiger partial charge in [-0.15, -0.1) is 0 Å². The van der Waals surface area contributed by atoms with E-state index in [0.717, 1.165) is 32.1 Å². The molecule has 262 valence electrons. The number of rotatable bonds is 17. The minimum absolute atomic E-state index is 0.00794. The van der Waals surface area contributed by atoms with Crippen LogP contribution >= 0.6 is 0 Å². The third-order valence-electron chi connectivity index (χ3n) is 10.2. The number of unbranched alkanes of at least 4 members (excludes halogenated alkanes) is 3. The van der Waals surface area contributed by atoms with Gasteiger partial charge < -0.3 is 18.7 Å². The summed E-state index contributed by atoms with van der Waals surface area (Å²) in [7, 11) is -4.12. The van der Waals surface area contributed by atoms with E-state index >= 15 is 0 Å². The van der Waals surface area contributed by atoms with Crippen LogP contribution in [0.2, 0.25) is 36.3 Å². The minimum Gasteiger partial charge on any atom is -0.481 e. The van der Waals surface area contributed by atoms with Crippen LogP contribution in [0, 0.1) is 17.3 Å². The van der Waals surface area contributed by atoms with Crippen molar-refractivity contribution in [2.24, 2.45) is 17.3 Å². The smallest absolute Gasteiger partial charge is 0.311 e. The van der Waals surface area contributed by atoms with Crippen molar-refractivity contribution in [1.82, 2.24) is 0 Å². The molecule has 1 saturated carbocycles. The Labute approximate surface area is 279 Å². The van der Waals surface area contributed by atoms with Crippen LogP contribution in [-0.2, 0) is 23.2 Å². The summed E-state index contributed by atoms with van der Waals surface area (Å²) >= 11 is 0. The Morgan fingerprint density at radius 2 is 1.47 bits per heavy atom. The average Bonchev–Trinajstić information content (AvgIpc) is 3.17. The molecule has 0 aliphatic heterocycles. The van der Waals surface area contributed by atoms with E-state index < -0.39 is 28.0 Å². The first-order valence-electron chi connectivity index (χ1n) is 17.5. The van der Waals surface area contributed by atoms with Crippen molar-refractivity contribution < 1.29 is 28.3 Å². The van der Waals surface area contributed by atoms with Crippen LogP contribution in [0.1, 0.15) is 127 Å². The van der Waals surface area contributed by atoms with Crippen molar-refractivity contribution in [3.05, 3.63) is 24.3 Å². The number of hydrogen-bond donors (Lipinski definition) is 1. The van der Waals surface area contributed by atoms with Gasteiger partial charge in [-0.2, -0.15) is 0 Å². The SMILES string of the molecule is CCCCC[C@@H](C=C[C@@H]1[C@@H](CC=CCCCC(=O)O)[C@@H](O[Si](C)(C)C(C)(C)C)C[C@H]1OC(=O)C(C)(C)C)O[Si](C)(C)C(C)(C)C. The average molecular weight is 667 g/mol. The predicted molar refractivity (Wildman–Crippen MR) is 194 cm³/mol. The molecule has 6 nitrogen and oxygen atoms in total. The summed E-state index contributed by atoms with van der Waals surface area (Å²) < 4.78 is 20.4. The quantitative estimate of drug-likeness (QED) is 0.0720. The fraction of sp³-hybridized carbons (Fsp3) is 0.838. The Kier molecular flexibility index (Phi) is 16.0. The van der Waals surface area contributed by atoms with Crippen molar-refractivity contribution in [3.63, 3.8) is 0 Å². The minimum atomic E-state index is -2.11. The van der Waals surface area contributed by atoms with Crippen LogP contribution in [0.4, 0.5) is 0 Å². The Morgan fingerprint density at radius 3 is 1.98 bits per heavy atom. The van der Waals surface area contributed by atoms with E-state index in [-0.39, 0.29) is 52.6 Å². The molecule has 0 amide bonds. The van der Waals surface area contributed by atoms with Crippen LogP contribution < -0.4 is 0 Å². The van der Waals surface area contributed by atoms with Gasteiger partial charge in [0, 0.05) is 18.8 Å². The van der Waals surface area contributed by atoms with E-state index in [1.54, 1.807) is 0 Å². The van der Waals surface area contributed by atoms with Gasteiger partial charge in [-0.25, -0.2) is 0 Å². The number of aliphatic carboxylic acids is 1. The molecule has 1 rings (SSSR count). The molecule has 1 fully saturated rings. The molecule has 0 spiro atoms. The second-order valence-corrected chi connectivity index (χ2v) is 26.9. The van der Waals surface area contributed by atoms with E-state index in [4.69, 9.17) is 18.7 Å². The summed E-state index contributed by atoms with van der Waals surface area (Å²) in [5.41, 5.74) is -0.597. The number of carboxylic acids is 1.